The maximum atomic E-state index is 2.38. The van der Waals surface area contributed by atoms with Crippen molar-refractivity contribution in [3.05, 3.63) is 53.8 Å². The summed E-state index contributed by atoms with van der Waals surface area (Å²) in [5, 5.41) is 0. The SMILES string of the molecule is CC[N+](C)(C1=CCCC=C1)c1ccc(C)cc1. The van der Waals surface area contributed by atoms with Gasteiger partial charge in [0.2, 0.25) is 0 Å². The minimum Gasteiger partial charge on any atom is -0.262 e. The second-order valence-electron chi connectivity index (χ2n) is 4.95. The van der Waals surface area contributed by atoms with Crippen LogP contribution in [-0.2, 0) is 0 Å². The quantitative estimate of drug-likeness (QED) is 0.681. The molecule has 1 aromatic rings. The zero-order valence-corrected chi connectivity index (χ0v) is 11.1. The van der Waals surface area contributed by atoms with Crippen molar-refractivity contribution in [1.82, 2.24) is 4.48 Å². The van der Waals surface area contributed by atoms with E-state index in [0.717, 1.165) is 11.0 Å². The molecule has 17 heavy (non-hydrogen) atoms. The van der Waals surface area contributed by atoms with E-state index in [2.05, 4.69) is 63.4 Å². The Morgan fingerprint density at radius 2 is 1.82 bits per heavy atom. The lowest BCUT2D eigenvalue weighted by molar-refractivity contribution is 0.438. The Morgan fingerprint density at radius 3 is 2.35 bits per heavy atom. The molecular formula is C16H22N+. The average molecular weight is 228 g/mol. The third kappa shape index (κ3) is 2.34. The normalized spacial score (nSPS) is 18.6. The molecule has 0 N–H and O–H groups in total. The van der Waals surface area contributed by atoms with Gasteiger partial charge in [0.05, 0.1) is 13.6 Å². The van der Waals surface area contributed by atoms with E-state index in [9.17, 15) is 0 Å². The standard InChI is InChI=1S/C16H22N/c1-4-17(3,15-8-6-5-7-9-15)16-12-10-14(2)11-13-16/h6,8-13H,4-5,7H2,1-3H3/q+1. The molecule has 2 rings (SSSR count). The zero-order valence-electron chi connectivity index (χ0n) is 11.1. The van der Waals surface area contributed by atoms with E-state index in [1.165, 1.54) is 29.8 Å². The largest absolute Gasteiger partial charge is 0.262 e. The molecule has 90 valence electrons. The molecule has 0 aromatic heterocycles. The highest BCUT2D eigenvalue weighted by molar-refractivity contribution is 5.50. The van der Waals surface area contributed by atoms with Crippen LogP contribution in [0.4, 0.5) is 5.69 Å². The highest BCUT2D eigenvalue weighted by Crippen LogP contribution is 2.29. The van der Waals surface area contributed by atoms with Gasteiger partial charge >= 0.3 is 0 Å². The highest BCUT2D eigenvalue weighted by atomic mass is 15.3. The molecule has 1 nitrogen and oxygen atoms in total. The number of benzene rings is 1. The van der Waals surface area contributed by atoms with Crippen molar-refractivity contribution >= 4 is 5.69 Å². The van der Waals surface area contributed by atoms with Crippen LogP contribution in [-0.4, -0.2) is 13.6 Å². The predicted octanol–water partition coefficient (Wildman–Crippen LogP) is 4.19. The molecule has 0 bridgehead atoms. The Labute approximate surface area is 105 Å². The third-order valence-corrected chi connectivity index (χ3v) is 3.78. The van der Waals surface area contributed by atoms with Crippen molar-refractivity contribution in [2.45, 2.75) is 26.7 Å². The molecule has 0 fully saturated rings. The summed E-state index contributed by atoms with van der Waals surface area (Å²) in [6, 6.07) is 8.91. The van der Waals surface area contributed by atoms with E-state index in [1.54, 1.807) is 0 Å². The van der Waals surface area contributed by atoms with Crippen LogP contribution < -0.4 is 4.48 Å². The van der Waals surface area contributed by atoms with Gasteiger partial charge in [-0.25, -0.2) is 0 Å². The summed E-state index contributed by atoms with van der Waals surface area (Å²) < 4.78 is 0.900. The zero-order chi connectivity index (χ0) is 12.3. The van der Waals surface area contributed by atoms with Crippen LogP contribution in [0, 0.1) is 6.92 Å². The molecule has 0 radical (unpaired) electrons. The maximum Gasteiger partial charge on any atom is 0.137 e. The fourth-order valence-electron chi connectivity index (χ4n) is 2.35. The number of aryl methyl sites for hydroxylation is 1. The van der Waals surface area contributed by atoms with Gasteiger partial charge in [0.25, 0.3) is 0 Å². The summed E-state index contributed by atoms with van der Waals surface area (Å²) >= 11 is 0. The number of quaternary nitrogens is 1. The summed E-state index contributed by atoms with van der Waals surface area (Å²) in [4.78, 5) is 0. The Bertz CT molecular complexity index is 439. The third-order valence-electron chi connectivity index (χ3n) is 3.78. The van der Waals surface area contributed by atoms with E-state index < -0.39 is 0 Å². The first-order valence-corrected chi connectivity index (χ1v) is 6.47. The lowest BCUT2D eigenvalue weighted by Crippen LogP contribution is -2.43. The van der Waals surface area contributed by atoms with Crippen molar-refractivity contribution < 1.29 is 0 Å². The maximum absolute atomic E-state index is 2.38. The van der Waals surface area contributed by atoms with Gasteiger partial charge in [-0.1, -0.05) is 23.8 Å². The van der Waals surface area contributed by atoms with Crippen molar-refractivity contribution in [3.63, 3.8) is 0 Å². The summed E-state index contributed by atoms with van der Waals surface area (Å²) in [7, 11) is 2.30. The molecule has 1 atom stereocenters. The van der Waals surface area contributed by atoms with Crippen LogP contribution in [0.25, 0.3) is 0 Å². The number of likely N-dealkylation sites (N-methyl/N-ethyl adjacent to an activating group) is 1. The van der Waals surface area contributed by atoms with Gasteiger partial charge in [0.15, 0.2) is 0 Å². The Morgan fingerprint density at radius 1 is 1.12 bits per heavy atom. The Kier molecular flexibility index (Phi) is 3.49. The second-order valence-corrected chi connectivity index (χ2v) is 4.95. The van der Waals surface area contributed by atoms with Crippen LogP contribution >= 0.6 is 0 Å². The minimum atomic E-state index is 0.900. The van der Waals surface area contributed by atoms with Crippen LogP contribution in [0.1, 0.15) is 25.3 Å². The topological polar surface area (TPSA) is 0 Å². The van der Waals surface area contributed by atoms with E-state index >= 15 is 0 Å². The number of hydrogen-bond donors (Lipinski definition) is 0. The lowest BCUT2D eigenvalue weighted by Gasteiger charge is -2.34. The second kappa shape index (κ2) is 4.89. The lowest BCUT2D eigenvalue weighted by atomic mass is 10.1. The molecule has 0 amide bonds. The molecule has 0 aliphatic heterocycles. The molecule has 1 aliphatic rings. The molecular weight excluding hydrogens is 206 g/mol. The van der Waals surface area contributed by atoms with Gasteiger partial charge < -0.3 is 0 Å². The number of allylic oxidation sites excluding steroid dienone is 3. The fourth-order valence-corrected chi connectivity index (χ4v) is 2.35. The van der Waals surface area contributed by atoms with E-state index in [1.807, 2.05) is 0 Å². The average Bonchev–Trinajstić information content (AvgIpc) is 2.40. The smallest absolute Gasteiger partial charge is 0.137 e. The van der Waals surface area contributed by atoms with Crippen molar-refractivity contribution in [2.75, 3.05) is 13.6 Å². The Balaban J connectivity index is 2.39. The van der Waals surface area contributed by atoms with Gasteiger partial charge in [-0.15, -0.1) is 0 Å². The summed E-state index contributed by atoms with van der Waals surface area (Å²) in [5.74, 6) is 0. The number of nitrogens with zero attached hydrogens (tertiary/aromatic N) is 1. The van der Waals surface area contributed by atoms with Crippen LogP contribution in [0.2, 0.25) is 0 Å². The summed E-state index contributed by atoms with van der Waals surface area (Å²) in [6.07, 6.45) is 9.30. The molecule has 1 unspecified atom stereocenters. The molecule has 1 heteroatoms. The van der Waals surface area contributed by atoms with E-state index in [0.29, 0.717) is 0 Å². The van der Waals surface area contributed by atoms with Crippen molar-refractivity contribution in [1.29, 1.82) is 0 Å². The van der Waals surface area contributed by atoms with Gasteiger partial charge in [-0.2, -0.15) is 0 Å². The van der Waals surface area contributed by atoms with Crippen molar-refractivity contribution in [2.24, 2.45) is 0 Å². The van der Waals surface area contributed by atoms with Crippen LogP contribution in [0.5, 0.6) is 0 Å². The van der Waals surface area contributed by atoms with Gasteiger partial charge in [-0.3, -0.25) is 4.48 Å². The highest BCUT2D eigenvalue weighted by Gasteiger charge is 2.27. The molecule has 1 aromatic carbocycles. The fraction of sp³-hybridized carbons (Fsp3) is 0.375. The molecule has 0 spiro atoms. The number of rotatable bonds is 3. The van der Waals surface area contributed by atoms with E-state index in [4.69, 9.17) is 0 Å². The molecule has 0 heterocycles. The van der Waals surface area contributed by atoms with Crippen LogP contribution in [0.15, 0.2) is 48.2 Å². The number of hydrogen-bond acceptors (Lipinski definition) is 0. The molecule has 1 aliphatic carbocycles. The first-order chi connectivity index (χ1) is 8.16. The van der Waals surface area contributed by atoms with Gasteiger partial charge in [0.1, 0.15) is 11.4 Å². The van der Waals surface area contributed by atoms with E-state index in [-0.39, 0.29) is 0 Å². The minimum absolute atomic E-state index is 0.900. The summed E-state index contributed by atoms with van der Waals surface area (Å²) in [5.41, 5.74) is 4.11. The molecule has 0 saturated heterocycles. The van der Waals surface area contributed by atoms with Crippen LogP contribution in [0.3, 0.4) is 0 Å². The first-order valence-electron chi connectivity index (χ1n) is 6.47. The predicted molar refractivity (Wildman–Crippen MR) is 75.9 cm³/mol. The molecule has 0 saturated carbocycles. The van der Waals surface area contributed by atoms with Gasteiger partial charge in [-0.05, 0) is 51.0 Å². The Hall–Kier alpha value is -1.34. The van der Waals surface area contributed by atoms with Gasteiger partial charge in [0, 0.05) is 0 Å². The first kappa shape index (κ1) is 12.1. The van der Waals surface area contributed by atoms with Crippen molar-refractivity contribution in [3.8, 4) is 0 Å². The summed E-state index contributed by atoms with van der Waals surface area (Å²) in [6.45, 7) is 5.47. The monoisotopic (exact) mass is 228 g/mol.